The van der Waals surface area contributed by atoms with E-state index in [2.05, 4.69) is 21.0 Å². The lowest BCUT2D eigenvalue weighted by atomic mass is 9.98. The minimum Gasteiger partial charge on any atom is -0.502 e. The quantitative estimate of drug-likeness (QED) is 0.0392. The van der Waals surface area contributed by atoms with Crippen molar-refractivity contribution in [3.63, 3.8) is 0 Å². The van der Waals surface area contributed by atoms with Gasteiger partial charge in [0.1, 0.15) is 38.8 Å². The second-order valence-corrected chi connectivity index (χ2v) is 30.5. The smallest absolute Gasteiger partial charge is 0.407 e. The summed E-state index contributed by atoms with van der Waals surface area (Å²) in [5.41, 5.74) is 6.93. The molecule has 0 saturated heterocycles. The van der Waals surface area contributed by atoms with Crippen LogP contribution in [0.25, 0.3) is 0 Å². The summed E-state index contributed by atoms with van der Waals surface area (Å²) in [6.07, 6.45) is 4.21. The Bertz CT molecular complexity index is 5880. The zero-order valence-corrected chi connectivity index (χ0v) is 68.7. The van der Waals surface area contributed by atoms with E-state index in [1.807, 2.05) is 265 Å². The van der Waals surface area contributed by atoms with Crippen molar-refractivity contribution < 1.29 is 48.1 Å². The predicted molar refractivity (Wildman–Crippen MR) is 474 cm³/mol. The Kier molecular flexibility index (Phi) is 27.4. The normalized spacial score (nSPS) is 12.9. The van der Waals surface area contributed by atoms with Crippen molar-refractivity contribution in [2.45, 2.75) is 57.7 Å². The number of amides is 6. The highest BCUT2D eigenvalue weighted by Crippen LogP contribution is 2.37. The summed E-state index contributed by atoms with van der Waals surface area (Å²) in [5, 5.41) is 25.2. The second-order valence-electron chi connectivity index (χ2n) is 30.5. The van der Waals surface area contributed by atoms with Crippen molar-refractivity contribution in [3.8, 4) is 17.2 Å². The zero-order valence-electron chi connectivity index (χ0n) is 68.7. The first kappa shape index (κ1) is 84.9. The van der Waals surface area contributed by atoms with Gasteiger partial charge < -0.3 is 50.0 Å². The zero-order chi connectivity index (χ0) is 86.5. The van der Waals surface area contributed by atoms with Crippen molar-refractivity contribution in [2.75, 3.05) is 74.3 Å². The molecule has 0 unspecified atom stereocenters. The van der Waals surface area contributed by atoms with Crippen LogP contribution in [0.1, 0.15) is 136 Å². The molecule has 3 aromatic heterocycles. The molecule has 4 N–H and O–H groups in total. The lowest BCUT2D eigenvalue weighted by Gasteiger charge is -2.44. The molecule has 13 aromatic rings. The second kappa shape index (κ2) is 40.0. The first-order valence-electron chi connectivity index (χ1n) is 40.8. The van der Waals surface area contributed by atoms with Gasteiger partial charge in [-0.2, -0.15) is 0 Å². The monoisotopic (exact) mass is 1660 g/mol. The van der Waals surface area contributed by atoms with E-state index in [1.165, 1.54) is 29.3 Å². The van der Waals surface area contributed by atoms with Crippen molar-refractivity contribution >= 4 is 35.6 Å². The molecule has 25 nitrogen and oxygen atoms in total. The highest BCUT2D eigenvalue weighted by Gasteiger charge is 2.41. The highest BCUT2D eigenvalue weighted by molar-refractivity contribution is 5.98. The van der Waals surface area contributed by atoms with Crippen molar-refractivity contribution in [1.29, 1.82) is 0 Å². The van der Waals surface area contributed by atoms with Crippen LogP contribution in [0, 0.1) is 0 Å². The summed E-state index contributed by atoms with van der Waals surface area (Å²) in [4.78, 5) is 123. The number of fused-ring (bicyclic) bond motifs is 3. The lowest BCUT2D eigenvalue weighted by Crippen LogP contribution is -2.56. The number of nitrogens with one attached hydrogen (secondary N) is 3. The van der Waals surface area contributed by atoms with Gasteiger partial charge in [0.15, 0.2) is 34.3 Å². The van der Waals surface area contributed by atoms with E-state index in [0.717, 1.165) is 44.5 Å². The molecule has 16 rings (SSSR count). The molecule has 124 heavy (non-hydrogen) atoms. The topological polar surface area (TPSA) is 272 Å². The van der Waals surface area contributed by atoms with Gasteiger partial charge in [-0.05, 0) is 89.5 Å². The first-order chi connectivity index (χ1) is 60.3. The van der Waals surface area contributed by atoms with Crippen LogP contribution < -0.4 is 56.7 Å². The molecule has 25 heteroatoms. The first-order valence-corrected chi connectivity index (χ1v) is 40.8. The number of ether oxygens (including phenoxy) is 3. The summed E-state index contributed by atoms with van der Waals surface area (Å²) in [7, 11) is 0. The van der Waals surface area contributed by atoms with E-state index in [9.17, 15) is 48.3 Å². The van der Waals surface area contributed by atoms with Crippen LogP contribution in [0.5, 0.6) is 17.2 Å². The number of alkyl carbamates (subject to hydrolysis) is 1. The van der Waals surface area contributed by atoms with Gasteiger partial charge in [-0.25, -0.2) is 4.79 Å². The molecule has 0 spiro atoms. The van der Waals surface area contributed by atoms with Crippen molar-refractivity contribution in [3.05, 3.63) is 443 Å². The molecule has 0 aliphatic carbocycles. The number of nitrogens with zero attached hydrogens (tertiary/aromatic N) is 9. The minimum atomic E-state index is -0.647. The van der Waals surface area contributed by atoms with Crippen LogP contribution in [0.4, 0.5) is 4.79 Å². The van der Waals surface area contributed by atoms with Crippen LogP contribution in [-0.2, 0) is 18.0 Å². The molecule has 0 saturated carbocycles. The molecule has 6 heterocycles. The van der Waals surface area contributed by atoms with Gasteiger partial charge >= 0.3 is 6.09 Å². The van der Waals surface area contributed by atoms with Crippen molar-refractivity contribution in [2.24, 2.45) is 0 Å². The molecule has 0 radical (unpaired) electrons. The fourth-order valence-corrected chi connectivity index (χ4v) is 15.0. The number of aromatic nitrogens is 3. The summed E-state index contributed by atoms with van der Waals surface area (Å²) < 4.78 is 22.6. The van der Waals surface area contributed by atoms with Gasteiger partial charge in [0.05, 0.1) is 18.1 Å². The molecule has 0 bridgehead atoms. The molecular formula is C99H94N12O13. The number of hydrogen-bond acceptors (Lipinski definition) is 16. The molecule has 6 amide bonds. The number of aromatic hydroxyl groups is 1. The SMILES string of the molecule is CC(C)(C)OC(=O)NCCN1CN(C(c2ccccc2)c2ccccc2)n2ccc(=O)c(OCc3ccccc3)c2C1=O.O=C(NCCN1CN(C(c2ccccc2)c2ccccc2)n2ccc(=O)c(O)c2C1=O)c1ccccc1.O=C(NCCN1CN(C(c2ccccc2)c2ccccc2)n2ccc(=O)c(OCc3ccccc3)c2C1=O)c1ccccc1. The molecule has 628 valence electrons. The summed E-state index contributed by atoms with van der Waals surface area (Å²) in [6, 6.07) is 99.7. The third-order valence-corrected chi connectivity index (χ3v) is 20.9. The fraction of sp³-hybridized carbons (Fsp3) is 0.182. The van der Waals surface area contributed by atoms with Gasteiger partial charge in [0, 0.05) is 87.2 Å². The third-order valence-electron chi connectivity index (χ3n) is 20.9. The molecule has 10 aromatic carbocycles. The van der Waals surface area contributed by atoms with Crippen LogP contribution in [0.2, 0.25) is 0 Å². The van der Waals surface area contributed by atoms with Crippen LogP contribution in [0.15, 0.2) is 354 Å². The summed E-state index contributed by atoms with van der Waals surface area (Å²) >= 11 is 0. The van der Waals surface area contributed by atoms with Crippen LogP contribution >= 0.6 is 0 Å². The maximum Gasteiger partial charge on any atom is 0.407 e. The number of hydrogen-bond donors (Lipinski definition) is 4. The molecule has 0 fully saturated rings. The highest BCUT2D eigenvalue weighted by atomic mass is 16.6. The molecule has 3 aliphatic rings. The van der Waals surface area contributed by atoms with E-state index in [-0.39, 0.29) is 154 Å². The lowest BCUT2D eigenvalue weighted by molar-refractivity contribution is 0.0505. The summed E-state index contributed by atoms with van der Waals surface area (Å²) in [6.45, 7) is 7.39. The van der Waals surface area contributed by atoms with Crippen LogP contribution in [-0.4, -0.2) is 134 Å². The predicted octanol–water partition coefficient (Wildman–Crippen LogP) is 13.2. The maximum absolute atomic E-state index is 14.1. The Hall–Kier alpha value is -15.5. The Morgan fingerprint density at radius 1 is 0.339 bits per heavy atom. The average molecular weight is 1660 g/mol. The van der Waals surface area contributed by atoms with E-state index in [4.69, 9.17) is 14.2 Å². The van der Waals surface area contributed by atoms with Gasteiger partial charge in [0.25, 0.3) is 29.5 Å². The van der Waals surface area contributed by atoms with Gasteiger partial charge in [0.2, 0.25) is 16.3 Å². The number of carbonyl (C=O) groups is 6. The van der Waals surface area contributed by atoms with Crippen molar-refractivity contribution in [1.82, 2.24) is 44.7 Å². The minimum absolute atomic E-state index is 0.00996. The van der Waals surface area contributed by atoms with Crippen LogP contribution in [0.3, 0.4) is 0 Å². The van der Waals surface area contributed by atoms with E-state index >= 15 is 0 Å². The Morgan fingerprint density at radius 3 is 0.895 bits per heavy atom. The Balaban J connectivity index is 0.000000152. The maximum atomic E-state index is 14.1. The average Bonchev–Trinajstić information content (AvgIpc) is 0.759. The largest absolute Gasteiger partial charge is 0.502 e. The third kappa shape index (κ3) is 20.5. The summed E-state index contributed by atoms with van der Waals surface area (Å²) in [5.74, 6) is -2.31. The van der Waals surface area contributed by atoms with E-state index in [0.29, 0.717) is 11.1 Å². The van der Waals surface area contributed by atoms with Gasteiger partial charge in [-0.15, -0.1) is 0 Å². The number of carbonyl (C=O) groups excluding carboxylic acids is 6. The van der Waals surface area contributed by atoms with E-state index < -0.39 is 28.8 Å². The fourth-order valence-electron chi connectivity index (χ4n) is 15.0. The number of pyridine rings is 3. The Labute approximate surface area is 717 Å². The standard InChI is InChI=1S/C36H32N4O4.C34H36N4O5.C29H26N4O4/c41-31-21-23-39-33(34(31)44-25-27-13-5-1-6-14-27)36(43)38(24-22-37-35(42)30-19-11-4-12-20-30)26-40(39)32(28-15-7-2-8-16-28)29-17-9-3-10-18-29;1-34(2,3)43-33(41)35-20-22-36-24-38(29(26-15-9-5-10-16-26)27-17-11-6-12-18-27)37-21-19-28(39)31(30(37)32(36)40)42-23-25-13-7-4-8-14-25;34-24-16-18-32-26(27(24)35)29(37)31(19-17-30-28(36)23-14-8-3-9-15-23)20-33(32)25(21-10-4-1-5-11-21)22-12-6-2-7-13-22/h1-21,23,32H,22,24-26H2,(H,37,42);4-19,21,29H,20,22-24H2,1-3H3,(H,35,41);1-16,18,25,35H,17,19-20H2,(H,30,36). The number of rotatable bonds is 26. The van der Waals surface area contributed by atoms with Gasteiger partial charge in [-0.1, -0.05) is 279 Å². The molecule has 0 atom stereocenters. The Morgan fingerprint density at radius 2 is 0.597 bits per heavy atom. The van der Waals surface area contributed by atoms with E-state index in [1.54, 1.807) is 106 Å². The molecular weight excluding hydrogens is 1570 g/mol. The van der Waals surface area contributed by atoms with Gasteiger partial charge in [-0.3, -0.25) is 67.4 Å². The molecule has 3 aliphatic heterocycles. The number of benzene rings is 10.